The van der Waals surface area contributed by atoms with Crippen LogP contribution in [0.5, 0.6) is 0 Å². The molecule has 1 aromatic heterocycles. The highest BCUT2D eigenvalue weighted by atomic mass is 16.2. The number of rotatable bonds is 6. The molecule has 0 atom stereocenters. The summed E-state index contributed by atoms with van der Waals surface area (Å²) in [5.41, 5.74) is 11.0. The van der Waals surface area contributed by atoms with E-state index in [0.29, 0.717) is 29.2 Å². The normalized spacial score (nSPS) is 10.5. The van der Waals surface area contributed by atoms with Gasteiger partial charge < -0.3 is 16.4 Å². The molecule has 4 aromatic rings. The summed E-state index contributed by atoms with van der Waals surface area (Å²) in [7, 11) is 0. The fraction of sp³-hybridized carbons (Fsp3) is 0.0741. The first-order chi connectivity index (χ1) is 16.0. The van der Waals surface area contributed by atoms with E-state index in [9.17, 15) is 9.59 Å². The molecule has 0 bridgehead atoms. The van der Waals surface area contributed by atoms with Crippen molar-refractivity contribution >= 4 is 23.3 Å². The van der Waals surface area contributed by atoms with Crippen molar-refractivity contribution in [2.75, 3.05) is 10.6 Å². The van der Waals surface area contributed by atoms with Crippen LogP contribution < -0.4 is 16.4 Å². The molecule has 6 heteroatoms. The lowest BCUT2D eigenvalue weighted by Gasteiger charge is -2.12. The summed E-state index contributed by atoms with van der Waals surface area (Å²) in [4.78, 5) is 29.8. The fourth-order valence-corrected chi connectivity index (χ4v) is 3.36. The van der Waals surface area contributed by atoms with E-state index < -0.39 is 0 Å². The summed E-state index contributed by atoms with van der Waals surface area (Å²) >= 11 is 0. The SMILES string of the molecule is Cc1ccc(NC(=O)c2ccccc2NC(=O)c2ccc(-c3ccc(CN)cc3)cc2)nc1. The van der Waals surface area contributed by atoms with Gasteiger partial charge in [0.25, 0.3) is 11.8 Å². The summed E-state index contributed by atoms with van der Waals surface area (Å²) in [6.45, 7) is 2.42. The maximum atomic E-state index is 12.8. The van der Waals surface area contributed by atoms with Gasteiger partial charge in [-0.1, -0.05) is 54.6 Å². The van der Waals surface area contributed by atoms with E-state index in [2.05, 4.69) is 15.6 Å². The number of aryl methyl sites for hydroxylation is 1. The van der Waals surface area contributed by atoms with Crippen molar-refractivity contribution in [3.05, 3.63) is 113 Å². The molecule has 0 spiro atoms. The van der Waals surface area contributed by atoms with Crippen LogP contribution in [-0.4, -0.2) is 16.8 Å². The largest absolute Gasteiger partial charge is 0.326 e. The van der Waals surface area contributed by atoms with E-state index in [0.717, 1.165) is 22.3 Å². The van der Waals surface area contributed by atoms with Crippen molar-refractivity contribution in [2.24, 2.45) is 5.73 Å². The number of carbonyl (C=O) groups is 2. The number of nitrogens with zero attached hydrogens (tertiary/aromatic N) is 1. The number of benzene rings is 3. The number of anilines is 2. The topological polar surface area (TPSA) is 97.1 Å². The number of aromatic nitrogens is 1. The van der Waals surface area contributed by atoms with Gasteiger partial charge in [0.2, 0.25) is 0 Å². The van der Waals surface area contributed by atoms with Crippen LogP contribution in [0.25, 0.3) is 11.1 Å². The van der Waals surface area contributed by atoms with Crippen LogP contribution in [0.2, 0.25) is 0 Å². The van der Waals surface area contributed by atoms with Crippen LogP contribution in [0.1, 0.15) is 31.8 Å². The van der Waals surface area contributed by atoms with E-state index in [4.69, 9.17) is 5.73 Å². The Hall–Kier alpha value is -4.29. The van der Waals surface area contributed by atoms with Crippen molar-refractivity contribution in [3.8, 4) is 11.1 Å². The van der Waals surface area contributed by atoms with E-state index in [1.807, 2.05) is 49.4 Å². The molecule has 2 amide bonds. The predicted molar refractivity (Wildman–Crippen MR) is 131 cm³/mol. The van der Waals surface area contributed by atoms with Gasteiger partial charge >= 0.3 is 0 Å². The van der Waals surface area contributed by atoms with Crippen LogP contribution in [0.15, 0.2) is 91.1 Å². The van der Waals surface area contributed by atoms with E-state index in [1.165, 1.54) is 0 Å². The third-order valence-electron chi connectivity index (χ3n) is 5.24. The van der Waals surface area contributed by atoms with Crippen LogP contribution in [0.3, 0.4) is 0 Å². The lowest BCUT2D eigenvalue weighted by atomic mass is 10.0. The number of carbonyl (C=O) groups excluding carboxylic acids is 2. The Morgan fingerprint density at radius 2 is 1.45 bits per heavy atom. The molecule has 33 heavy (non-hydrogen) atoms. The molecule has 6 nitrogen and oxygen atoms in total. The van der Waals surface area contributed by atoms with Gasteiger partial charge in [-0.25, -0.2) is 4.98 Å². The first-order valence-corrected chi connectivity index (χ1v) is 10.6. The minimum atomic E-state index is -0.349. The molecule has 0 aliphatic carbocycles. The van der Waals surface area contributed by atoms with E-state index in [-0.39, 0.29) is 11.8 Å². The third-order valence-corrected chi connectivity index (χ3v) is 5.24. The Morgan fingerprint density at radius 3 is 2.09 bits per heavy atom. The molecule has 0 aliphatic rings. The van der Waals surface area contributed by atoms with E-state index >= 15 is 0 Å². The number of hydrogen-bond donors (Lipinski definition) is 3. The molecule has 0 aliphatic heterocycles. The molecule has 0 unspecified atom stereocenters. The third kappa shape index (κ3) is 5.31. The zero-order valence-electron chi connectivity index (χ0n) is 18.2. The van der Waals surface area contributed by atoms with Crippen LogP contribution in [0.4, 0.5) is 11.5 Å². The first-order valence-electron chi connectivity index (χ1n) is 10.6. The van der Waals surface area contributed by atoms with Gasteiger partial charge in [0, 0.05) is 18.3 Å². The summed E-state index contributed by atoms with van der Waals surface area (Å²) in [6, 6.07) is 25.8. The lowest BCUT2D eigenvalue weighted by Crippen LogP contribution is -2.18. The van der Waals surface area contributed by atoms with Crippen molar-refractivity contribution < 1.29 is 9.59 Å². The Balaban J connectivity index is 1.48. The van der Waals surface area contributed by atoms with Crippen molar-refractivity contribution in [2.45, 2.75) is 13.5 Å². The monoisotopic (exact) mass is 436 g/mol. The highest BCUT2D eigenvalue weighted by molar-refractivity contribution is 6.12. The van der Waals surface area contributed by atoms with Gasteiger partial charge in [-0.15, -0.1) is 0 Å². The van der Waals surface area contributed by atoms with Crippen molar-refractivity contribution in [3.63, 3.8) is 0 Å². The molecular formula is C27H24N4O2. The van der Waals surface area contributed by atoms with Gasteiger partial charge in [-0.05, 0) is 59.5 Å². The standard InChI is InChI=1S/C27H24N4O2/c1-18-6-15-25(29-17-18)31-27(33)23-4-2-3-5-24(23)30-26(32)22-13-11-21(12-14-22)20-9-7-19(16-28)8-10-20/h2-15,17H,16,28H2,1H3,(H,30,32)(H,29,31,33). The average Bonchev–Trinajstić information content (AvgIpc) is 2.86. The number of nitrogens with two attached hydrogens (primary N) is 1. The first kappa shape index (κ1) is 21.9. The number of hydrogen-bond acceptors (Lipinski definition) is 4. The zero-order chi connectivity index (χ0) is 23.2. The van der Waals surface area contributed by atoms with Crippen molar-refractivity contribution in [1.82, 2.24) is 4.98 Å². The van der Waals surface area contributed by atoms with E-state index in [1.54, 1.807) is 48.7 Å². The Bertz CT molecular complexity index is 1270. The number of amides is 2. The minimum Gasteiger partial charge on any atom is -0.326 e. The predicted octanol–water partition coefficient (Wildman–Crippen LogP) is 5.02. The lowest BCUT2D eigenvalue weighted by molar-refractivity contribution is 0.102. The molecule has 3 aromatic carbocycles. The maximum absolute atomic E-state index is 12.8. The van der Waals surface area contributed by atoms with Crippen molar-refractivity contribution in [1.29, 1.82) is 0 Å². The van der Waals surface area contributed by atoms with Gasteiger partial charge in [-0.3, -0.25) is 9.59 Å². The van der Waals surface area contributed by atoms with Gasteiger partial charge in [0.15, 0.2) is 0 Å². The van der Waals surface area contributed by atoms with Crippen LogP contribution in [-0.2, 0) is 6.54 Å². The Morgan fingerprint density at radius 1 is 0.788 bits per heavy atom. The maximum Gasteiger partial charge on any atom is 0.258 e. The Labute approximate surface area is 192 Å². The summed E-state index contributed by atoms with van der Waals surface area (Å²) in [5.74, 6) is -0.200. The second kappa shape index (κ2) is 9.89. The molecule has 0 fully saturated rings. The molecule has 0 saturated carbocycles. The summed E-state index contributed by atoms with van der Waals surface area (Å²) in [6.07, 6.45) is 1.68. The van der Waals surface area contributed by atoms with Gasteiger partial charge in [-0.2, -0.15) is 0 Å². The number of para-hydroxylation sites is 1. The highest BCUT2D eigenvalue weighted by Crippen LogP contribution is 2.22. The molecule has 0 saturated heterocycles. The molecule has 4 rings (SSSR count). The molecule has 164 valence electrons. The fourth-order valence-electron chi connectivity index (χ4n) is 3.36. The smallest absolute Gasteiger partial charge is 0.258 e. The average molecular weight is 437 g/mol. The number of pyridine rings is 1. The van der Waals surface area contributed by atoms with Gasteiger partial charge in [0.05, 0.1) is 11.3 Å². The number of nitrogens with one attached hydrogen (secondary N) is 2. The molecular weight excluding hydrogens is 412 g/mol. The highest BCUT2D eigenvalue weighted by Gasteiger charge is 2.15. The summed E-state index contributed by atoms with van der Waals surface area (Å²) < 4.78 is 0. The van der Waals surface area contributed by atoms with Crippen LogP contribution >= 0.6 is 0 Å². The second-order valence-electron chi connectivity index (χ2n) is 7.65. The molecule has 0 radical (unpaired) electrons. The zero-order valence-corrected chi connectivity index (χ0v) is 18.2. The molecule has 4 N–H and O–H groups in total. The quantitative estimate of drug-likeness (QED) is 0.395. The van der Waals surface area contributed by atoms with Gasteiger partial charge in [0.1, 0.15) is 5.82 Å². The minimum absolute atomic E-state index is 0.297. The Kier molecular flexibility index (Phi) is 6.57. The van der Waals surface area contributed by atoms with Crippen LogP contribution in [0, 0.1) is 6.92 Å². The summed E-state index contributed by atoms with van der Waals surface area (Å²) in [5, 5.41) is 5.61. The second-order valence-corrected chi connectivity index (χ2v) is 7.65. The molecule has 1 heterocycles.